The molecule has 0 radical (unpaired) electrons. The second-order valence-corrected chi connectivity index (χ2v) is 13.0. The highest BCUT2D eigenvalue weighted by Gasteiger charge is 2.79. The third-order valence-corrected chi connectivity index (χ3v) is 9.84. The minimum absolute atomic E-state index is 0.143. The predicted octanol–water partition coefficient (Wildman–Crippen LogP) is 5.63. The molecule has 2 bridgehead atoms. The summed E-state index contributed by atoms with van der Waals surface area (Å²) in [6.45, 7) is 15.6. The van der Waals surface area contributed by atoms with Crippen LogP contribution < -0.4 is 4.90 Å². The van der Waals surface area contributed by atoms with Gasteiger partial charge in [0.1, 0.15) is 17.6 Å². The lowest BCUT2D eigenvalue weighted by molar-refractivity contribution is -0.162. The number of halogens is 1. The zero-order chi connectivity index (χ0) is 31.5. The average molecular weight is 615 g/mol. The number of benzene rings is 1. The van der Waals surface area contributed by atoms with E-state index in [9.17, 15) is 19.5 Å². The van der Waals surface area contributed by atoms with Crippen LogP contribution in [0.2, 0.25) is 5.02 Å². The van der Waals surface area contributed by atoms with Crippen LogP contribution in [-0.4, -0.2) is 70.8 Å². The lowest BCUT2D eigenvalue weighted by atomic mass is 9.65. The molecule has 3 fully saturated rings. The first-order valence-electron chi connectivity index (χ1n) is 15.6. The minimum atomic E-state index is -1.24. The molecule has 0 aliphatic carbocycles. The van der Waals surface area contributed by atoms with Gasteiger partial charge in [-0.15, -0.1) is 13.2 Å². The van der Waals surface area contributed by atoms with E-state index in [1.54, 1.807) is 17.0 Å². The van der Waals surface area contributed by atoms with E-state index < -0.39 is 41.1 Å². The van der Waals surface area contributed by atoms with Crippen LogP contribution in [0.4, 0.5) is 5.69 Å². The quantitative estimate of drug-likeness (QED) is 0.156. The van der Waals surface area contributed by atoms with Gasteiger partial charge in [0.15, 0.2) is 0 Å². The molecule has 1 N–H and O–H groups in total. The standard InChI is InChI=1S/C34H47ClN2O6/c1-7-10-11-12-19-42-32(41)27-26-30(39)37(24(21-38)20-22(4)5)29(34(26)17-16-33(27,9-3)43-34)31(40)36(18-8-2)28-23(6)14-13-15-25(28)35/h7-8,13-15,22,24,26-27,29,38H,1-2,9-12,16-21H2,3-6H3/t24-,26+,27+,29?,33-,34?/m1/s1. The Hall–Kier alpha value is -2.68. The normalized spacial score (nSPS) is 28.2. The summed E-state index contributed by atoms with van der Waals surface area (Å²) >= 11 is 6.67. The molecule has 3 heterocycles. The van der Waals surface area contributed by atoms with Gasteiger partial charge in [-0.05, 0) is 69.4 Å². The molecular formula is C34H47ClN2O6. The number of aryl methyl sites for hydroxylation is 1. The fourth-order valence-electron chi connectivity index (χ4n) is 7.69. The van der Waals surface area contributed by atoms with E-state index >= 15 is 0 Å². The van der Waals surface area contributed by atoms with Gasteiger partial charge in [-0.25, -0.2) is 0 Å². The Bertz CT molecular complexity index is 1210. The number of hydrogen-bond acceptors (Lipinski definition) is 6. The van der Waals surface area contributed by atoms with Gasteiger partial charge in [0.05, 0.1) is 41.5 Å². The van der Waals surface area contributed by atoms with Gasteiger partial charge in [0.25, 0.3) is 5.91 Å². The first-order valence-corrected chi connectivity index (χ1v) is 16.0. The largest absolute Gasteiger partial charge is 0.465 e. The lowest BCUT2D eigenvalue weighted by Crippen LogP contribution is -2.59. The van der Waals surface area contributed by atoms with Crippen molar-refractivity contribution in [2.75, 3.05) is 24.7 Å². The summed E-state index contributed by atoms with van der Waals surface area (Å²) in [7, 11) is 0. The molecule has 6 atom stereocenters. The summed E-state index contributed by atoms with van der Waals surface area (Å²) < 4.78 is 12.7. The first kappa shape index (κ1) is 33.2. The van der Waals surface area contributed by atoms with Crippen molar-refractivity contribution in [2.24, 2.45) is 17.8 Å². The lowest BCUT2D eigenvalue weighted by Gasteiger charge is -2.40. The van der Waals surface area contributed by atoms with E-state index in [2.05, 4.69) is 13.2 Å². The van der Waals surface area contributed by atoms with Gasteiger partial charge >= 0.3 is 5.97 Å². The number of unbranched alkanes of at least 4 members (excludes halogenated alkanes) is 2. The molecule has 3 aliphatic heterocycles. The van der Waals surface area contributed by atoms with Crippen LogP contribution in [0.1, 0.15) is 71.3 Å². The Kier molecular flexibility index (Phi) is 10.5. The summed E-state index contributed by atoms with van der Waals surface area (Å²) in [6.07, 6.45) is 7.79. The average Bonchev–Trinajstić information content (AvgIpc) is 3.58. The molecule has 4 rings (SSSR count). The minimum Gasteiger partial charge on any atom is -0.465 e. The number of esters is 1. The molecule has 3 aliphatic rings. The SMILES string of the molecule is C=CCCCCOC(=O)[C@@H]1[C@H]2C(=O)N([C@@H](CO)CC(C)C)C(C(=O)N(CC=C)c3c(C)cccc3Cl)C23CC[C@@]1(CC)O3. The fourth-order valence-corrected chi connectivity index (χ4v) is 8.02. The highest BCUT2D eigenvalue weighted by atomic mass is 35.5. The van der Waals surface area contributed by atoms with Crippen LogP contribution >= 0.6 is 11.6 Å². The summed E-state index contributed by atoms with van der Waals surface area (Å²) in [4.78, 5) is 46.4. The van der Waals surface area contributed by atoms with Gasteiger partial charge in [-0.3, -0.25) is 14.4 Å². The van der Waals surface area contributed by atoms with Crippen LogP contribution in [0, 0.1) is 24.7 Å². The van der Waals surface area contributed by atoms with Gasteiger partial charge in [0.2, 0.25) is 5.91 Å². The number of hydrogen-bond donors (Lipinski definition) is 1. The molecule has 1 aromatic rings. The number of nitrogens with zero attached hydrogens (tertiary/aromatic N) is 2. The summed E-state index contributed by atoms with van der Waals surface area (Å²) in [5.74, 6) is -2.75. The Morgan fingerprint density at radius 3 is 2.60 bits per heavy atom. The van der Waals surface area contributed by atoms with Crippen molar-refractivity contribution < 1.29 is 29.0 Å². The third-order valence-electron chi connectivity index (χ3n) is 9.54. The molecule has 43 heavy (non-hydrogen) atoms. The number of carbonyl (C=O) groups excluding carboxylic acids is 3. The smallest absolute Gasteiger partial charge is 0.312 e. The number of para-hydroxylation sites is 1. The maximum atomic E-state index is 14.9. The number of anilines is 1. The van der Waals surface area contributed by atoms with E-state index in [4.69, 9.17) is 21.1 Å². The van der Waals surface area contributed by atoms with Gasteiger partial charge in [-0.2, -0.15) is 0 Å². The molecular weight excluding hydrogens is 568 g/mol. The third kappa shape index (κ3) is 5.78. The van der Waals surface area contributed by atoms with Crippen molar-refractivity contribution in [3.05, 3.63) is 54.1 Å². The monoisotopic (exact) mass is 614 g/mol. The van der Waals surface area contributed by atoms with Crippen molar-refractivity contribution in [1.29, 1.82) is 0 Å². The Morgan fingerprint density at radius 1 is 1.26 bits per heavy atom. The summed E-state index contributed by atoms with van der Waals surface area (Å²) in [5.41, 5.74) is -0.804. The predicted molar refractivity (Wildman–Crippen MR) is 168 cm³/mol. The van der Waals surface area contributed by atoms with Crippen LogP contribution in [0.5, 0.6) is 0 Å². The molecule has 8 nitrogen and oxygen atoms in total. The molecule has 236 valence electrons. The molecule has 2 unspecified atom stereocenters. The Balaban J connectivity index is 1.82. The van der Waals surface area contributed by atoms with Crippen LogP contribution in [-0.2, 0) is 23.9 Å². The van der Waals surface area contributed by atoms with Gasteiger partial charge in [0, 0.05) is 6.54 Å². The van der Waals surface area contributed by atoms with Crippen LogP contribution in [0.3, 0.4) is 0 Å². The number of fused-ring (bicyclic) bond motifs is 1. The molecule has 1 aromatic carbocycles. The summed E-state index contributed by atoms with van der Waals surface area (Å²) in [5, 5.41) is 11.0. The van der Waals surface area contributed by atoms with E-state index in [1.807, 2.05) is 45.9 Å². The van der Waals surface area contributed by atoms with Crippen molar-refractivity contribution >= 4 is 35.1 Å². The Labute approximate surface area is 261 Å². The summed E-state index contributed by atoms with van der Waals surface area (Å²) in [6, 6.07) is 3.74. The number of allylic oxidation sites excluding steroid dienone is 1. The molecule has 9 heteroatoms. The number of rotatable bonds is 15. The molecule has 0 saturated carbocycles. The maximum absolute atomic E-state index is 14.9. The number of aliphatic hydroxyl groups is 1. The number of amides is 2. The molecule has 2 amide bonds. The van der Waals surface area contributed by atoms with Crippen LogP contribution in [0.15, 0.2) is 43.5 Å². The molecule has 3 saturated heterocycles. The van der Waals surface area contributed by atoms with Crippen molar-refractivity contribution in [3.8, 4) is 0 Å². The zero-order valence-corrected chi connectivity index (χ0v) is 26.8. The van der Waals surface area contributed by atoms with Crippen molar-refractivity contribution in [3.63, 3.8) is 0 Å². The van der Waals surface area contributed by atoms with E-state index in [0.29, 0.717) is 42.8 Å². The first-order chi connectivity index (χ1) is 20.5. The second-order valence-electron chi connectivity index (χ2n) is 12.6. The maximum Gasteiger partial charge on any atom is 0.312 e. The van der Waals surface area contributed by atoms with Gasteiger partial charge < -0.3 is 24.4 Å². The van der Waals surface area contributed by atoms with E-state index in [1.165, 1.54) is 4.90 Å². The van der Waals surface area contributed by atoms with Crippen molar-refractivity contribution in [2.45, 2.75) is 95.9 Å². The number of carbonyl (C=O) groups is 3. The topological polar surface area (TPSA) is 96.4 Å². The van der Waals surface area contributed by atoms with Gasteiger partial charge in [-0.1, -0.05) is 56.7 Å². The molecule has 0 aromatic heterocycles. The zero-order valence-electron chi connectivity index (χ0n) is 26.0. The number of aliphatic hydroxyl groups excluding tert-OH is 1. The highest BCUT2D eigenvalue weighted by molar-refractivity contribution is 6.34. The van der Waals surface area contributed by atoms with E-state index in [-0.39, 0.29) is 37.5 Å². The highest BCUT2D eigenvalue weighted by Crippen LogP contribution is 2.65. The van der Waals surface area contributed by atoms with E-state index in [0.717, 1.165) is 18.4 Å². The number of ether oxygens (including phenoxy) is 2. The number of likely N-dealkylation sites (tertiary alicyclic amines) is 1. The fraction of sp³-hybridized carbons (Fsp3) is 0.618. The van der Waals surface area contributed by atoms with Crippen LogP contribution in [0.25, 0.3) is 0 Å². The Morgan fingerprint density at radius 2 is 2.00 bits per heavy atom. The van der Waals surface area contributed by atoms with Crippen molar-refractivity contribution in [1.82, 2.24) is 4.90 Å². The molecule has 1 spiro atoms. The second kappa shape index (κ2) is 13.5.